The molecule has 1 saturated carbocycles. The van der Waals surface area contributed by atoms with Crippen molar-refractivity contribution in [2.45, 2.75) is 77.5 Å². The number of aryl methyl sites for hydroxylation is 1. The predicted molar refractivity (Wildman–Crippen MR) is 143 cm³/mol. The summed E-state index contributed by atoms with van der Waals surface area (Å²) in [6.45, 7) is 9.69. The smallest absolute Gasteiger partial charge is 0.274 e. The molecule has 1 aromatic carbocycles. The monoisotopic (exact) mass is 519 g/mol. The summed E-state index contributed by atoms with van der Waals surface area (Å²) in [6, 6.07) is 4.53. The van der Waals surface area contributed by atoms with Gasteiger partial charge in [-0.1, -0.05) is 0 Å². The quantitative estimate of drug-likeness (QED) is 0.473. The van der Waals surface area contributed by atoms with Crippen molar-refractivity contribution in [3.05, 3.63) is 41.5 Å². The SMILES string of the molecule is COc1cc2c(cc1OC(C)C)-n1c(-c3cnn(C4CCC4)c3)nc(C(=O)N3CCOCC3(C)C)c1CC2. The van der Waals surface area contributed by atoms with Crippen LogP contribution >= 0.6 is 0 Å². The van der Waals surface area contributed by atoms with Gasteiger partial charge in [-0.15, -0.1) is 0 Å². The van der Waals surface area contributed by atoms with Crippen molar-refractivity contribution in [1.29, 1.82) is 0 Å². The van der Waals surface area contributed by atoms with Crippen LogP contribution < -0.4 is 9.47 Å². The van der Waals surface area contributed by atoms with E-state index < -0.39 is 5.54 Å². The summed E-state index contributed by atoms with van der Waals surface area (Å²) >= 11 is 0. The Morgan fingerprint density at radius 2 is 2.00 bits per heavy atom. The van der Waals surface area contributed by atoms with E-state index in [9.17, 15) is 4.79 Å². The molecule has 9 heteroatoms. The second-order valence-electron chi connectivity index (χ2n) is 11.5. The second kappa shape index (κ2) is 9.45. The lowest BCUT2D eigenvalue weighted by Crippen LogP contribution is -2.55. The zero-order valence-corrected chi connectivity index (χ0v) is 23.0. The molecule has 1 saturated heterocycles. The molecule has 202 valence electrons. The third-order valence-corrected chi connectivity index (χ3v) is 7.97. The molecule has 3 aromatic rings. The van der Waals surface area contributed by atoms with Gasteiger partial charge >= 0.3 is 0 Å². The summed E-state index contributed by atoms with van der Waals surface area (Å²) in [5.74, 6) is 2.09. The van der Waals surface area contributed by atoms with Gasteiger partial charge < -0.3 is 19.1 Å². The molecule has 2 fully saturated rings. The fourth-order valence-electron chi connectivity index (χ4n) is 5.73. The van der Waals surface area contributed by atoms with Crippen LogP contribution in [0, 0.1) is 0 Å². The third kappa shape index (κ3) is 4.17. The van der Waals surface area contributed by atoms with E-state index >= 15 is 0 Å². The number of carbonyl (C=O) groups excluding carboxylic acids is 1. The maximum absolute atomic E-state index is 14.1. The highest BCUT2D eigenvalue weighted by molar-refractivity contribution is 5.95. The molecule has 2 aromatic heterocycles. The topological polar surface area (TPSA) is 83.6 Å². The van der Waals surface area contributed by atoms with Crippen LogP contribution in [0.2, 0.25) is 0 Å². The normalized spacial score (nSPS) is 18.6. The molecule has 0 bridgehead atoms. The maximum atomic E-state index is 14.1. The van der Waals surface area contributed by atoms with E-state index in [1.807, 2.05) is 44.9 Å². The van der Waals surface area contributed by atoms with Crippen LogP contribution in [0.15, 0.2) is 24.5 Å². The standard InChI is InChI=1S/C29H37N5O4/c1-18(2)38-25-14-23-19(13-24(25)36-5)9-10-22-26(28(35)32-11-12-37-17-29(32,3)4)31-27(34(22)23)20-15-30-33(16-20)21-7-6-8-21/h13-16,18,21H,6-12,17H2,1-5H3. The number of hydrogen-bond acceptors (Lipinski definition) is 6. The van der Waals surface area contributed by atoms with Crippen LogP contribution in [0.3, 0.4) is 0 Å². The van der Waals surface area contributed by atoms with Crippen LogP contribution in [0.25, 0.3) is 17.1 Å². The lowest BCUT2D eigenvalue weighted by molar-refractivity contribution is -0.0373. The molecule has 1 amide bonds. The number of nitrogens with zero attached hydrogens (tertiary/aromatic N) is 5. The molecule has 1 aliphatic carbocycles. The van der Waals surface area contributed by atoms with Crippen molar-refractivity contribution in [2.75, 3.05) is 26.9 Å². The molecule has 0 unspecified atom stereocenters. The molecule has 0 spiro atoms. The largest absolute Gasteiger partial charge is 0.493 e. The van der Waals surface area contributed by atoms with E-state index in [0.717, 1.165) is 47.6 Å². The number of methoxy groups -OCH3 is 1. The zero-order valence-electron chi connectivity index (χ0n) is 23.0. The minimum atomic E-state index is -0.403. The average Bonchev–Trinajstić information content (AvgIpc) is 3.46. The Bertz CT molecular complexity index is 1370. The molecule has 6 rings (SSSR count). The van der Waals surface area contributed by atoms with E-state index in [2.05, 4.69) is 26.6 Å². The minimum Gasteiger partial charge on any atom is -0.493 e. The van der Waals surface area contributed by atoms with Crippen molar-refractivity contribution in [2.24, 2.45) is 0 Å². The van der Waals surface area contributed by atoms with Gasteiger partial charge in [-0.25, -0.2) is 4.98 Å². The van der Waals surface area contributed by atoms with Crippen molar-refractivity contribution in [1.82, 2.24) is 24.2 Å². The van der Waals surface area contributed by atoms with Gasteiger partial charge in [0.2, 0.25) is 0 Å². The summed E-state index contributed by atoms with van der Waals surface area (Å²) in [5, 5.41) is 4.68. The summed E-state index contributed by atoms with van der Waals surface area (Å²) in [5.41, 5.74) is 4.06. The predicted octanol–water partition coefficient (Wildman–Crippen LogP) is 4.61. The molecule has 38 heavy (non-hydrogen) atoms. The first-order valence-corrected chi connectivity index (χ1v) is 13.7. The number of ether oxygens (including phenoxy) is 3. The van der Waals surface area contributed by atoms with Crippen LogP contribution in [-0.2, 0) is 17.6 Å². The number of fused-ring (bicyclic) bond motifs is 3. The molecule has 2 aliphatic heterocycles. The van der Waals surface area contributed by atoms with Crippen LogP contribution in [0.1, 0.15) is 74.7 Å². The van der Waals surface area contributed by atoms with Gasteiger partial charge in [0.05, 0.1) is 61.1 Å². The number of benzene rings is 1. The number of amides is 1. The van der Waals surface area contributed by atoms with E-state index in [-0.39, 0.29) is 12.0 Å². The molecule has 0 N–H and O–H groups in total. The molecule has 0 atom stereocenters. The Morgan fingerprint density at radius 1 is 1.18 bits per heavy atom. The number of rotatable bonds is 6. The summed E-state index contributed by atoms with van der Waals surface area (Å²) in [4.78, 5) is 21.0. The Balaban J connectivity index is 1.51. The summed E-state index contributed by atoms with van der Waals surface area (Å²) < 4.78 is 21.7. The van der Waals surface area contributed by atoms with E-state index in [1.165, 1.54) is 6.42 Å². The van der Waals surface area contributed by atoms with Crippen LogP contribution in [0.5, 0.6) is 11.5 Å². The number of aromatic nitrogens is 4. The molecular formula is C29H37N5O4. The lowest BCUT2D eigenvalue weighted by atomic mass is 9.93. The Morgan fingerprint density at radius 3 is 2.68 bits per heavy atom. The second-order valence-corrected chi connectivity index (χ2v) is 11.5. The maximum Gasteiger partial charge on any atom is 0.274 e. The molecule has 0 radical (unpaired) electrons. The first kappa shape index (κ1) is 25.0. The third-order valence-electron chi connectivity index (χ3n) is 7.97. The highest BCUT2D eigenvalue weighted by Gasteiger charge is 2.39. The first-order chi connectivity index (χ1) is 18.3. The Kier molecular flexibility index (Phi) is 6.21. The van der Waals surface area contributed by atoms with Crippen molar-refractivity contribution in [3.63, 3.8) is 0 Å². The molecular weight excluding hydrogens is 482 g/mol. The highest BCUT2D eigenvalue weighted by Crippen LogP contribution is 2.41. The number of hydrogen-bond donors (Lipinski definition) is 0. The van der Waals surface area contributed by atoms with Gasteiger partial charge in [0.15, 0.2) is 17.2 Å². The minimum absolute atomic E-state index is 0.00586. The fourth-order valence-corrected chi connectivity index (χ4v) is 5.73. The fraction of sp³-hybridized carbons (Fsp3) is 0.552. The summed E-state index contributed by atoms with van der Waals surface area (Å²) in [7, 11) is 1.67. The average molecular weight is 520 g/mol. The lowest BCUT2D eigenvalue weighted by Gasteiger charge is -2.41. The van der Waals surface area contributed by atoms with Crippen molar-refractivity contribution in [3.8, 4) is 28.6 Å². The highest BCUT2D eigenvalue weighted by atomic mass is 16.5. The molecule has 4 heterocycles. The van der Waals surface area contributed by atoms with Gasteiger partial charge in [-0.05, 0) is 71.4 Å². The number of imidazole rings is 1. The van der Waals surface area contributed by atoms with Gasteiger partial charge in [-0.2, -0.15) is 5.10 Å². The Labute approximate surface area is 223 Å². The van der Waals surface area contributed by atoms with Gasteiger partial charge in [0, 0.05) is 18.8 Å². The van der Waals surface area contributed by atoms with Gasteiger partial charge in [0.1, 0.15) is 5.82 Å². The Hall–Kier alpha value is -3.33. The van der Waals surface area contributed by atoms with Crippen LogP contribution in [-0.4, -0.2) is 68.6 Å². The number of morpholine rings is 1. The molecule has 3 aliphatic rings. The van der Waals surface area contributed by atoms with E-state index in [4.69, 9.17) is 19.2 Å². The van der Waals surface area contributed by atoms with Gasteiger partial charge in [0.25, 0.3) is 5.91 Å². The number of carbonyl (C=O) groups is 1. The molecule has 9 nitrogen and oxygen atoms in total. The van der Waals surface area contributed by atoms with E-state index in [0.29, 0.717) is 49.4 Å². The van der Waals surface area contributed by atoms with Crippen molar-refractivity contribution < 1.29 is 19.0 Å². The first-order valence-electron chi connectivity index (χ1n) is 13.7. The van der Waals surface area contributed by atoms with Crippen LogP contribution in [0.4, 0.5) is 0 Å². The van der Waals surface area contributed by atoms with E-state index in [1.54, 1.807) is 7.11 Å². The zero-order chi connectivity index (χ0) is 26.6. The summed E-state index contributed by atoms with van der Waals surface area (Å²) in [6.07, 6.45) is 8.97. The van der Waals surface area contributed by atoms with Crippen molar-refractivity contribution >= 4 is 5.91 Å². The van der Waals surface area contributed by atoms with Gasteiger partial charge in [-0.3, -0.25) is 14.0 Å².